The highest BCUT2D eigenvalue weighted by atomic mass is 16.5. The maximum atomic E-state index is 13.0. The molecular weight excluding hydrogens is 334 g/mol. The zero-order valence-electron chi connectivity index (χ0n) is 15.7. The number of carbonyl (C=O) groups is 1. The molecule has 0 aromatic carbocycles. The van der Waals surface area contributed by atoms with Gasteiger partial charge in [-0.1, -0.05) is 19.0 Å². The summed E-state index contributed by atoms with van der Waals surface area (Å²) in [6, 6.07) is -0.219. The fourth-order valence-corrected chi connectivity index (χ4v) is 4.34. The van der Waals surface area contributed by atoms with Gasteiger partial charge in [-0.3, -0.25) is 4.79 Å². The van der Waals surface area contributed by atoms with Gasteiger partial charge >= 0.3 is 0 Å². The largest absolute Gasteiger partial charge is 0.381 e. The molecule has 1 N–H and O–H groups in total. The minimum atomic E-state index is -0.219. The Morgan fingerprint density at radius 2 is 1.85 bits per heavy atom. The molecule has 0 radical (unpaired) electrons. The van der Waals surface area contributed by atoms with Crippen LogP contribution in [-0.2, 0) is 14.3 Å². The van der Waals surface area contributed by atoms with Crippen LogP contribution in [0.4, 0.5) is 0 Å². The van der Waals surface area contributed by atoms with Crippen LogP contribution in [0.2, 0.25) is 0 Å². The van der Waals surface area contributed by atoms with Crippen molar-refractivity contribution in [1.82, 2.24) is 15.5 Å². The van der Waals surface area contributed by atoms with Crippen LogP contribution in [-0.4, -0.2) is 42.5 Å². The summed E-state index contributed by atoms with van der Waals surface area (Å²) in [4.78, 5) is 17.5. The van der Waals surface area contributed by atoms with Crippen molar-refractivity contribution in [3.8, 4) is 0 Å². The maximum absolute atomic E-state index is 13.0. The van der Waals surface area contributed by atoms with Gasteiger partial charge in [0.25, 0.3) is 0 Å². The molecule has 0 unspecified atom stereocenters. The minimum absolute atomic E-state index is 0.0984. The van der Waals surface area contributed by atoms with Crippen molar-refractivity contribution < 1.29 is 18.8 Å². The summed E-state index contributed by atoms with van der Waals surface area (Å²) >= 11 is 0. The fraction of sp³-hybridized carbons (Fsp3) is 0.842. The van der Waals surface area contributed by atoms with Gasteiger partial charge in [-0.05, 0) is 43.4 Å². The monoisotopic (exact) mass is 363 g/mol. The third-order valence-corrected chi connectivity index (χ3v) is 6.27. The highest BCUT2D eigenvalue weighted by Gasteiger charge is 2.58. The summed E-state index contributed by atoms with van der Waals surface area (Å²) in [6.45, 7) is 7.05. The van der Waals surface area contributed by atoms with E-state index in [0.29, 0.717) is 24.9 Å². The molecule has 4 rings (SSSR count). The van der Waals surface area contributed by atoms with E-state index < -0.39 is 0 Å². The second kappa shape index (κ2) is 7.27. The third kappa shape index (κ3) is 3.51. The second-order valence-corrected chi connectivity index (χ2v) is 8.31. The van der Waals surface area contributed by atoms with Crippen LogP contribution in [0.25, 0.3) is 0 Å². The number of ether oxygens (including phenoxy) is 2. The van der Waals surface area contributed by atoms with Gasteiger partial charge in [0, 0.05) is 38.3 Å². The molecule has 1 aromatic heterocycles. The van der Waals surface area contributed by atoms with E-state index in [1.807, 2.05) is 13.8 Å². The van der Waals surface area contributed by atoms with E-state index in [4.69, 9.17) is 14.0 Å². The van der Waals surface area contributed by atoms with E-state index in [2.05, 4.69) is 15.5 Å². The molecular formula is C19H29N3O4. The van der Waals surface area contributed by atoms with Crippen molar-refractivity contribution in [2.24, 2.45) is 17.3 Å². The molecule has 1 spiro atoms. The van der Waals surface area contributed by atoms with Crippen LogP contribution >= 0.6 is 0 Å². The van der Waals surface area contributed by atoms with Gasteiger partial charge in [-0.25, -0.2) is 0 Å². The number of aromatic nitrogens is 2. The van der Waals surface area contributed by atoms with Crippen molar-refractivity contribution >= 4 is 5.91 Å². The molecule has 2 atom stereocenters. The van der Waals surface area contributed by atoms with Gasteiger partial charge in [0.05, 0.1) is 0 Å². The number of hydrogen-bond donors (Lipinski definition) is 1. The summed E-state index contributed by atoms with van der Waals surface area (Å²) in [6.07, 6.45) is 4.75. The van der Waals surface area contributed by atoms with Gasteiger partial charge in [0.1, 0.15) is 6.04 Å². The van der Waals surface area contributed by atoms with Crippen LogP contribution in [0, 0.1) is 17.3 Å². The predicted molar refractivity (Wildman–Crippen MR) is 93.4 cm³/mol. The minimum Gasteiger partial charge on any atom is -0.381 e. The van der Waals surface area contributed by atoms with Gasteiger partial charge < -0.3 is 19.3 Å². The number of carbonyl (C=O) groups excluding carboxylic acids is 1. The Balaban J connectivity index is 1.48. The van der Waals surface area contributed by atoms with Crippen molar-refractivity contribution in [3.63, 3.8) is 0 Å². The molecule has 1 aliphatic carbocycles. The first kappa shape index (κ1) is 17.9. The highest BCUT2D eigenvalue weighted by Crippen LogP contribution is 2.59. The Morgan fingerprint density at radius 3 is 2.50 bits per heavy atom. The number of nitrogens with zero attached hydrogens (tertiary/aromatic N) is 2. The summed E-state index contributed by atoms with van der Waals surface area (Å²) in [5.41, 5.74) is 0.167. The molecule has 144 valence electrons. The molecule has 1 amide bonds. The summed E-state index contributed by atoms with van der Waals surface area (Å²) in [7, 11) is 0. The predicted octanol–water partition coefficient (Wildman–Crippen LogP) is 2.59. The number of amides is 1. The molecule has 3 aliphatic rings. The molecule has 3 fully saturated rings. The van der Waals surface area contributed by atoms with Crippen LogP contribution in [0.5, 0.6) is 0 Å². The van der Waals surface area contributed by atoms with Crippen LogP contribution in [0.15, 0.2) is 4.52 Å². The molecule has 2 aliphatic heterocycles. The molecule has 0 bridgehead atoms. The summed E-state index contributed by atoms with van der Waals surface area (Å²) < 4.78 is 16.5. The first-order valence-corrected chi connectivity index (χ1v) is 9.88. The van der Waals surface area contributed by atoms with E-state index >= 15 is 0 Å². The maximum Gasteiger partial charge on any atom is 0.249 e. The Morgan fingerprint density at radius 1 is 1.15 bits per heavy atom. The average molecular weight is 363 g/mol. The van der Waals surface area contributed by atoms with Crippen molar-refractivity contribution in [2.75, 3.05) is 26.4 Å². The van der Waals surface area contributed by atoms with Crippen LogP contribution < -0.4 is 5.32 Å². The van der Waals surface area contributed by atoms with E-state index in [-0.39, 0.29) is 35.1 Å². The average Bonchev–Trinajstić information content (AvgIpc) is 3.12. The number of hydrogen-bond acceptors (Lipinski definition) is 6. The molecule has 26 heavy (non-hydrogen) atoms. The van der Waals surface area contributed by atoms with Crippen LogP contribution in [0.3, 0.4) is 0 Å². The smallest absolute Gasteiger partial charge is 0.249 e. The lowest BCUT2D eigenvalue weighted by Gasteiger charge is -2.29. The zero-order chi connectivity index (χ0) is 18.1. The quantitative estimate of drug-likeness (QED) is 0.865. The van der Waals surface area contributed by atoms with E-state index in [9.17, 15) is 4.79 Å². The summed E-state index contributed by atoms with van der Waals surface area (Å²) in [5, 5.41) is 7.35. The molecule has 3 heterocycles. The van der Waals surface area contributed by atoms with Crippen molar-refractivity contribution in [2.45, 2.75) is 57.9 Å². The Hall–Kier alpha value is -1.47. The first-order chi connectivity index (χ1) is 12.6. The Labute approximate surface area is 154 Å². The lowest BCUT2D eigenvalue weighted by molar-refractivity contribution is -0.125. The molecule has 7 nitrogen and oxygen atoms in total. The molecule has 1 saturated carbocycles. The highest BCUT2D eigenvalue weighted by molar-refractivity contribution is 5.83. The van der Waals surface area contributed by atoms with Gasteiger partial charge in [-0.2, -0.15) is 4.98 Å². The van der Waals surface area contributed by atoms with Gasteiger partial charge in [0.15, 0.2) is 5.82 Å². The summed E-state index contributed by atoms with van der Waals surface area (Å²) in [5.74, 6) is 1.94. The van der Waals surface area contributed by atoms with Gasteiger partial charge in [-0.15, -0.1) is 0 Å². The van der Waals surface area contributed by atoms with E-state index in [0.717, 1.165) is 45.3 Å². The Kier molecular flexibility index (Phi) is 5.01. The second-order valence-electron chi connectivity index (χ2n) is 8.31. The number of rotatable bonds is 5. The molecule has 2 saturated heterocycles. The molecule has 1 aromatic rings. The SMILES string of the molecule is CC(C)c1noc([C@@H](NC(=O)[C@@H]2CC23CCOCC3)C2CCOCC2)n1. The fourth-order valence-electron chi connectivity index (χ4n) is 4.34. The van der Waals surface area contributed by atoms with Crippen LogP contribution in [0.1, 0.15) is 69.6 Å². The lowest BCUT2D eigenvalue weighted by Crippen LogP contribution is -2.38. The Bertz CT molecular complexity index is 632. The van der Waals surface area contributed by atoms with Crippen molar-refractivity contribution in [3.05, 3.63) is 11.7 Å². The standard InChI is InChI=1S/C19H29N3O4/c1-12(2)16-21-18(26-22-16)15(13-3-7-24-8-4-13)20-17(23)14-11-19(14)5-9-25-10-6-19/h12-15H,3-11H2,1-2H3,(H,20,23)/t14-,15-/m0/s1. The third-order valence-electron chi connectivity index (χ3n) is 6.27. The van der Waals surface area contributed by atoms with Gasteiger partial charge in [0.2, 0.25) is 11.8 Å². The van der Waals surface area contributed by atoms with Crippen molar-refractivity contribution in [1.29, 1.82) is 0 Å². The normalized spacial score (nSPS) is 26.8. The number of nitrogens with one attached hydrogen (secondary N) is 1. The first-order valence-electron chi connectivity index (χ1n) is 9.88. The molecule has 7 heteroatoms. The zero-order valence-corrected chi connectivity index (χ0v) is 15.7. The van der Waals surface area contributed by atoms with E-state index in [1.54, 1.807) is 0 Å². The lowest BCUT2D eigenvalue weighted by atomic mass is 9.90. The van der Waals surface area contributed by atoms with E-state index in [1.165, 1.54) is 0 Å². The topological polar surface area (TPSA) is 86.5 Å².